The van der Waals surface area contributed by atoms with Crippen LogP contribution in [0.25, 0.3) is 0 Å². The van der Waals surface area contributed by atoms with Crippen molar-refractivity contribution in [2.75, 3.05) is 7.05 Å². The number of hydrogen-bond donors (Lipinski definition) is 1. The quantitative estimate of drug-likeness (QED) is 0.666. The molecule has 0 radical (unpaired) electrons. The first kappa shape index (κ1) is 16.2. The van der Waals surface area contributed by atoms with Gasteiger partial charge in [-0.1, -0.05) is 37.3 Å². The highest BCUT2D eigenvalue weighted by molar-refractivity contribution is 5.93. The van der Waals surface area contributed by atoms with Crippen molar-refractivity contribution in [3.05, 3.63) is 48.0 Å². The Morgan fingerprint density at radius 2 is 1.96 bits per heavy atom. The number of nitrogens with zero attached hydrogens (tertiary/aromatic N) is 4. The highest BCUT2D eigenvalue weighted by Gasteiger charge is 2.53. The largest absolute Gasteiger partial charge is 0.381 e. The van der Waals surface area contributed by atoms with Crippen molar-refractivity contribution < 1.29 is 14.2 Å². The van der Waals surface area contributed by atoms with Crippen LogP contribution in [0.15, 0.2) is 41.7 Å². The second kappa shape index (κ2) is 6.55. The van der Waals surface area contributed by atoms with Crippen LogP contribution in [0.5, 0.6) is 0 Å². The van der Waals surface area contributed by atoms with Gasteiger partial charge in [0.15, 0.2) is 18.4 Å². The van der Waals surface area contributed by atoms with Gasteiger partial charge in [-0.3, -0.25) is 4.99 Å². The molecule has 2 fully saturated rings. The summed E-state index contributed by atoms with van der Waals surface area (Å²) in [7, 11) is 1.60. The number of fused-ring (bicyclic) bond motifs is 1. The number of aliphatic imine (C=N–C) groups is 1. The Labute approximate surface area is 145 Å². The van der Waals surface area contributed by atoms with Gasteiger partial charge in [-0.15, -0.1) is 5.10 Å². The van der Waals surface area contributed by atoms with E-state index >= 15 is 0 Å². The van der Waals surface area contributed by atoms with E-state index in [9.17, 15) is 0 Å². The third kappa shape index (κ3) is 2.82. The van der Waals surface area contributed by atoms with E-state index in [4.69, 9.17) is 19.9 Å². The third-order valence-electron chi connectivity index (χ3n) is 4.56. The molecule has 8 nitrogen and oxygen atoms in total. The molecule has 0 bridgehead atoms. The Bertz CT molecular complexity index is 763. The molecule has 2 aliphatic heterocycles. The summed E-state index contributed by atoms with van der Waals surface area (Å²) in [5, 5.41) is 4.38. The Morgan fingerprint density at radius 1 is 1.20 bits per heavy atom. The van der Waals surface area contributed by atoms with Gasteiger partial charge in [0.25, 0.3) is 0 Å². The molecule has 0 saturated carbocycles. The molecule has 2 N–H and O–H groups in total. The van der Waals surface area contributed by atoms with Gasteiger partial charge < -0.3 is 19.9 Å². The van der Waals surface area contributed by atoms with Crippen molar-refractivity contribution in [2.45, 2.75) is 44.2 Å². The first-order valence-corrected chi connectivity index (χ1v) is 8.36. The maximum absolute atomic E-state index is 6.17. The zero-order valence-electron chi connectivity index (χ0n) is 14.1. The van der Waals surface area contributed by atoms with E-state index in [0.29, 0.717) is 5.82 Å². The summed E-state index contributed by atoms with van der Waals surface area (Å²) in [4.78, 5) is 8.10. The summed E-state index contributed by atoms with van der Waals surface area (Å²) in [6.45, 7) is 2.07. The number of amidine groups is 1. The van der Waals surface area contributed by atoms with Crippen LogP contribution in [0.3, 0.4) is 0 Å². The zero-order valence-corrected chi connectivity index (χ0v) is 14.1. The fourth-order valence-electron chi connectivity index (χ4n) is 3.26. The first-order valence-electron chi connectivity index (χ1n) is 8.36. The van der Waals surface area contributed by atoms with Crippen molar-refractivity contribution in [2.24, 2.45) is 10.7 Å². The lowest BCUT2D eigenvalue weighted by Crippen LogP contribution is -2.28. The standard InChI is InChI=1S/C17H21N5O3/c1-3-11-12-13(25-17(24-12)10-7-5-4-6-8-10)16(23-11)22-9-20-15(21-22)14(18)19-2/h4-9,11-13,16-17H,3H2,1-2H3,(H2,18,19). The summed E-state index contributed by atoms with van der Waals surface area (Å²) in [5.74, 6) is 0.659. The number of ether oxygens (including phenoxy) is 3. The smallest absolute Gasteiger partial charge is 0.216 e. The van der Waals surface area contributed by atoms with Gasteiger partial charge in [-0.25, -0.2) is 9.67 Å². The molecule has 0 spiro atoms. The Kier molecular flexibility index (Phi) is 4.24. The molecule has 0 amide bonds. The molecule has 1 aromatic carbocycles. The van der Waals surface area contributed by atoms with Crippen molar-refractivity contribution in [3.63, 3.8) is 0 Å². The number of hydrogen-bond acceptors (Lipinski definition) is 6. The lowest BCUT2D eigenvalue weighted by Gasteiger charge is -2.19. The van der Waals surface area contributed by atoms with Crippen LogP contribution in [0, 0.1) is 0 Å². The minimum Gasteiger partial charge on any atom is -0.381 e. The number of aromatic nitrogens is 3. The summed E-state index contributed by atoms with van der Waals surface area (Å²) >= 11 is 0. The molecule has 5 unspecified atom stereocenters. The van der Waals surface area contributed by atoms with E-state index in [1.165, 1.54) is 0 Å². The maximum Gasteiger partial charge on any atom is 0.216 e. The van der Waals surface area contributed by atoms with Crippen molar-refractivity contribution >= 4 is 5.84 Å². The molecule has 3 heterocycles. The summed E-state index contributed by atoms with van der Waals surface area (Å²) in [6, 6.07) is 9.90. The molecular weight excluding hydrogens is 322 g/mol. The maximum atomic E-state index is 6.17. The summed E-state index contributed by atoms with van der Waals surface area (Å²) < 4.78 is 20.1. The van der Waals surface area contributed by atoms with Crippen LogP contribution < -0.4 is 5.73 Å². The molecule has 2 aliphatic rings. The monoisotopic (exact) mass is 343 g/mol. The third-order valence-corrected chi connectivity index (χ3v) is 4.56. The highest BCUT2D eigenvalue weighted by Crippen LogP contribution is 2.44. The molecular formula is C17H21N5O3. The first-order chi connectivity index (χ1) is 12.2. The number of rotatable bonds is 4. The predicted octanol–water partition coefficient (Wildman–Crippen LogP) is 1.40. The lowest BCUT2D eigenvalue weighted by molar-refractivity contribution is -0.150. The minimum absolute atomic E-state index is 0.0615. The second-order valence-corrected chi connectivity index (χ2v) is 6.07. The molecule has 2 saturated heterocycles. The molecule has 25 heavy (non-hydrogen) atoms. The highest BCUT2D eigenvalue weighted by atomic mass is 16.8. The Hall–Kier alpha value is -2.29. The van der Waals surface area contributed by atoms with Gasteiger partial charge in [0.05, 0.1) is 6.10 Å². The van der Waals surface area contributed by atoms with Crippen molar-refractivity contribution in [1.29, 1.82) is 0 Å². The van der Waals surface area contributed by atoms with Gasteiger partial charge >= 0.3 is 0 Å². The summed E-state index contributed by atoms with van der Waals surface area (Å²) in [5.41, 5.74) is 6.77. The van der Waals surface area contributed by atoms with Crippen LogP contribution in [0.2, 0.25) is 0 Å². The minimum atomic E-state index is -0.408. The van der Waals surface area contributed by atoms with Crippen LogP contribution in [0.4, 0.5) is 0 Å². The van der Waals surface area contributed by atoms with E-state index < -0.39 is 12.5 Å². The normalized spacial score (nSPS) is 32.1. The van der Waals surface area contributed by atoms with Crippen LogP contribution in [-0.2, 0) is 14.2 Å². The molecule has 132 valence electrons. The van der Waals surface area contributed by atoms with E-state index in [2.05, 4.69) is 22.0 Å². The zero-order chi connectivity index (χ0) is 17.4. The lowest BCUT2D eigenvalue weighted by atomic mass is 10.1. The predicted molar refractivity (Wildman–Crippen MR) is 89.8 cm³/mol. The molecule has 2 aromatic rings. The van der Waals surface area contributed by atoms with Crippen LogP contribution in [-0.4, -0.2) is 46.0 Å². The van der Waals surface area contributed by atoms with Gasteiger partial charge in [-0.05, 0) is 6.42 Å². The van der Waals surface area contributed by atoms with Gasteiger partial charge in [0.2, 0.25) is 5.82 Å². The van der Waals surface area contributed by atoms with E-state index in [0.717, 1.165) is 12.0 Å². The number of nitrogens with two attached hydrogens (primary N) is 1. The van der Waals surface area contributed by atoms with Crippen molar-refractivity contribution in [1.82, 2.24) is 14.8 Å². The molecule has 0 aliphatic carbocycles. The van der Waals surface area contributed by atoms with E-state index in [1.54, 1.807) is 18.1 Å². The van der Waals surface area contributed by atoms with Crippen LogP contribution >= 0.6 is 0 Å². The number of benzene rings is 1. The van der Waals surface area contributed by atoms with E-state index in [1.807, 2.05) is 30.3 Å². The second-order valence-electron chi connectivity index (χ2n) is 6.07. The molecule has 5 atom stereocenters. The SMILES string of the molecule is CCC1OC(n2cnc(C(N)=NC)n2)C2OC(c3ccccc3)OC12. The molecule has 1 aromatic heterocycles. The van der Waals surface area contributed by atoms with Gasteiger partial charge in [0, 0.05) is 12.6 Å². The average molecular weight is 343 g/mol. The Morgan fingerprint density at radius 3 is 2.68 bits per heavy atom. The average Bonchev–Trinajstić information content (AvgIpc) is 3.36. The fourth-order valence-corrected chi connectivity index (χ4v) is 3.26. The van der Waals surface area contributed by atoms with Gasteiger partial charge in [0.1, 0.15) is 18.5 Å². The van der Waals surface area contributed by atoms with E-state index in [-0.39, 0.29) is 24.1 Å². The topological polar surface area (TPSA) is 96.8 Å². The fraction of sp³-hybridized carbons (Fsp3) is 0.471. The molecule has 4 rings (SSSR count). The van der Waals surface area contributed by atoms with Gasteiger partial charge in [-0.2, -0.15) is 0 Å². The van der Waals surface area contributed by atoms with Crippen LogP contribution in [0.1, 0.15) is 37.3 Å². The Balaban J connectivity index is 1.59. The van der Waals surface area contributed by atoms with Crippen molar-refractivity contribution in [3.8, 4) is 0 Å². The summed E-state index contributed by atoms with van der Waals surface area (Å²) in [6.07, 6.45) is 1.13. The molecule has 8 heteroatoms.